The third-order valence-corrected chi connectivity index (χ3v) is 8.01. The fourth-order valence-corrected chi connectivity index (χ4v) is 5.33. The molecule has 1 saturated heterocycles. The largest absolute Gasteiger partial charge is 0.497 e. The molecule has 4 aromatic carbocycles. The highest BCUT2D eigenvalue weighted by atomic mass is 16.6. The van der Waals surface area contributed by atoms with Gasteiger partial charge < -0.3 is 24.6 Å². The Kier molecular flexibility index (Phi) is 11.9. The van der Waals surface area contributed by atoms with E-state index >= 15 is 0 Å². The zero-order valence-corrected chi connectivity index (χ0v) is 27.8. The molecular weight excluding hydrogens is 642 g/mol. The summed E-state index contributed by atoms with van der Waals surface area (Å²) >= 11 is 0. The van der Waals surface area contributed by atoms with E-state index in [2.05, 4.69) is 10.7 Å². The molecule has 0 bridgehead atoms. The van der Waals surface area contributed by atoms with Gasteiger partial charge in [-0.25, -0.2) is 5.01 Å². The van der Waals surface area contributed by atoms with Gasteiger partial charge in [0.25, 0.3) is 11.8 Å². The number of rotatable bonds is 16. The van der Waals surface area contributed by atoms with Crippen LogP contribution in [0.1, 0.15) is 40.4 Å². The molecule has 50 heavy (non-hydrogen) atoms. The third-order valence-electron chi connectivity index (χ3n) is 8.01. The van der Waals surface area contributed by atoms with Gasteiger partial charge in [-0.05, 0) is 60.4 Å². The second-order valence-electron chi connectivity index (χ2n) is 11.4. The molecule has 3 N–H and O–H groups in total. The number of ether oxygens (including phenoxy) is 3. The summed E-state index contributed by atoms with van der Waals surface area (Å²) in [6, 6.07) is 29.3. The summed E-state index contributed by atoms with van der Waals surface area (Å²) in [4.78, 5) is 38.7. The molecule has 1 heterocycles. The van der Waals surface area contributed by atoms with Gasteiger partial charge in [0.2, 0.25) is 6.04 Å². The molecule has 13 nitrogen and oxygen atoms in total. The van der Waals surface area contributed by atoms with Crippen molar-refractivity contribution in [1.29, 1.82) is 0 Å². The lowest BCUT2D eigenvalue weighted by atomic mass is 10.1. The number of nitro groups is 1. The molecule has 1 fully saturated rings. The molecule has 5 rings (SSSR count). The van der Waals surface area contributed by atoms with Crippen LogP contribution in [0.3, 0.4) is 0 Å². The Labute approximate surface area is 289 Å². The molecule has 1 aliphatic rings. The Morgan fingerprint density at radius 2 is 1.64 bits per heavy atom. The van der Waals surface area contributed by atoms with Crippen molar-refractivity contribution in [2.75, 3.05) is 25.6 Å². The topological polar surface area (TPSA) is 156 Å². The second-order valence-corrected chi connectivity index (χ2v) is 11.4. The highest BCUT2D eigenvalue weighted by molar-refractivity contribution is 6.05. The van der Waals surface area contributed by atoms with Gasteiger partial charge in [0.05, 0.1) is 32.5 Å². The SMILES string of the molecule is CCOC(O)=C1NN(Cc2cccc(OCC(CCc3ccccc3)[N+](=O)[O-])c2NC(=O)c2ccccc2)N(Cc2ccc(OC)cc2)C1=O. The number of carbonyl (C=O) groups is 2. The molecular formula is C37H39N5O8. The van der Waals surface area contributed by atoms with Crippen LogP contribution < -0.4 is 20.2 Å². The number of hydrazine groups is 2. The summed E-state index contributed by atoms with van der Waals surface area (Å²) in [7, 11) is 1.56. The van der Waals surface area contributed by atoms with Crippen molar-refractivity contribution in [1.82, 2.24) is 15.6 Å². The van der Waals surface area contributed by atoms with Crippen LogP contribution in [0, 0.1) is 10.1 Å². The minimum Gasteiger partial charge on any atom is -0.497 e. The van der Waals surface area contributed by atoms with Crippen LogP contribution >= 0.6 is 0 Å². The molecule has 0 saturated carbocycles. The predicted molar refractivity (Wildman–Crippen MR) is 185 cm³/mol. The first-order valence-corrected chi connectivity index (χ1v) is 16.1. The molecule has 260 valence electrons. The number of aliphatic hydroxyl groups is 1. The Hall–Kier alpha value is -6.08. The molecule has 1 unspecified atom stereocenters. The number of amides is 2. The van der Waals surface area contributed by atoms with Gasteiger partial charge in [-0.3, -0.25) is 25.1 Å². The lowest BCUT2D eigenvalue weighted by Crippen LogP contribution is -2.42. The van der Waals surface area contributed by atoms with Gasteiger partial charge in [-0.2, -0.15) is 0 Å². The summed E-state index contributed by atoms with van der Waals surface area (Å²) < 4.78 is 16.6. The molecule has 0 aliphatic carbocycles. The number of aryl methyl sites for hydroxylation is 1. The van der Waals surface area contributed by atoms with Crippen LogP contribution in [0.15, 0.2) is 115 Å². The maximum atomic E-state index is 13.6. The van der Waals surface area contributed by atoms with Crippen molar-refractivity contribution in [3.8, 4) is 11.5 Å². The first-order chi connectivity index (χ1) is 24.3. The van der Waals surface area contributed by atoms with Gasteiger partial charge in [0.15, 0.2) is 12.3 Å². The number of hydrogen-bond acceptors (Lipinski definition) is 10. The van der Waals surface area contributed by atoms with Crippen LogP contribution in [0.5, 0.6) is 11.5 Å². The van der Waals surface area contributed by atoms with E-state index in [-0.39, 0.29) is 54.8 Å². The van der Waals surface area contributed by atoms with Gasteiger partial charge in [0, 0.05) is 16.9 Å². The molecule has 0 spiro atoms. The van der Waals surface area contributed by atoms with Gasteiger partial charge >= 0.3 is 5.95 Å². The van der Waals surface area contributed by atoms with E-state index in [4.69, 9.17) is 14.2 Å². The Morgan fingerprint density at radius 3 is 2.30 bits per heavy atom. The van der Waals surface area contributed by atoms with E-state index in [1.165, 1.54) is 10.1 Å². The molecule has 1 aliphatic heterocycles. The number of aliphatic hydroxyl groups excluding tert-OH is 1. The summed E-state index contributed by atoms with van der Waals surface area (Å²) in [5.41, 5.74) is 5.73. The van der Waals surface area contributed by atoms with E-state index in [1.807, 2.05) is 42.5 Å². The summed E-state index contributed by atoms with van der Waals surface area (Å²) in [6.45, 7) is 1.69. The normalized spacial score (nSPS) is 14.4. The molecule has 2 amide bonds. The third kappa shape index (κ3) is 8.88. The zero-order valence-electron chi connectivity index (χ0n) is 27.8. The van der Waals surface area contributed by atoms with E-state index in [9.17, 15) is 24.8 Å². The van der Waals surface area contributed by atoms with Crippen molar-refractivity contribution < 1.29 is 33.8 Å². The molecule has 13 heteroatoms. The average molecular weight is 682 g/mol. The van der Waals surface area contributed by atoms with E-state index < -0.39 is 23.8 Å². The number of nitrogens with one attached hydrogen (secondary N) is 2. The maximum absolute atomic E-state index is 13.6. The summed E-state index contributed by atoms with van der Waals surface area (Å²) in [5.74, 6) is -0.649. The number of benzene rings is 4. The molecule has 4 aromatic rings. The standard InChI is InChI=1S/C37H39N5O8/c1-3-49-37(45)34-36(44)40(23-27-18-21-31(48-2)22-19-27)41(39-34)24-29-15-10-16-32(33(29)38-35(43)28-13-8-5-9-14-28)50-25-30(42(46)47)20-17-26-11-6-4-7-12-26/h4-16,18-19,21-22,30,39,45H,3,17,20,23-25H2,1-2H3,(H,38,43). The first kappa shape index (κ1) is 35.2. The fourth-order valence-electron chi connectivity index (χ4n) is 5.33. The summed E-state index contributed by atoms with van der Waals surface area (Å²) in [5, 5.41) is 28.4. The lowest BCUT2D eigenvalue weighted by Gasteiger charge is -2.28. The van der Waals surface area contributed by atoms with E-state index in [1.54, 1.807) is 74.7 Å². The zero-order chi connectivity index (χ0) is 35.5. The minimum atomic E-state index is -1.01. The summed E-state index contributed by atoms with van der Waals surface area (Å²) in [6.07, 6.45) is 0.748. The van der Waals surface area contributed by atoms with Gasteiger partial charge in [-0.1, -0.05) is 72.8 Å². The van der Waals surface area contributed by atoms with Crippen molar-refractivity contribution >= 4 is 17.5 Å². The Balaban J connectivity index is 1.45. The highest BCUT2D eigenvalue weighted by Gasteiger charge is 2.37. The Morgan fingerprint density at radius 1 is 0.940 bits per heavy atom. The number of nitrogens with zero attached hydrogens (tertiary/aromatic N) is 3. The average Bonchev–Trinajstić information content (AvgIpc) is 3.44. The van der Waals surface area contributed by atoms with Crippen LogP contribution in [-0.2, 0) is 29.0 Å². The van der Waals surface area contributed by atoms with Crippen molar-refractivity contribution in [2.24, 2.45) is 0 Å². The van der Waals surface area contributed by atoms with Gasteiger partial charge in [-0.15, -0.1) is 5.12 Å². The van der Waals surface area contributed by atoms with Crippen LogP contribution in [0.2, 0.25) is 0 Å². The number of hydrogen-bond donors (Lipinski definition) is 3. The number of anilines is 1. The maximum Gasteiger partial charge on any atom is 0.308 e. The quantitative estimate of drug-likeness (QED) is 0.0586. The van der Waals surface area contributed by atoms with Gasteiger partial charge in [0.1, 0.15) is 11.5 Å². The molecule has 0 radical (unpaired) electrons. The predicted octanol–water partition coefficient (Wildman–Crippen LogP) is 5.63. The van der Waals surface area contributed by atoms with E-state index in [0.717, 1.165) is 11.1 Å². The lowest BCUT2D eigenvalue weighted by molar-refractivity contribution is -0.525. The number of para-hydroxylation sites is 1. The van der Waals surface area contributed by atoms with Crippen LogP contribution in [0.4, 0.5) is 5.69 Å². The number of methoxy groups -OCH3 is 1. The molecule has 0 aromatic heterocycles. The first-order valence-electron chi connectivity index (χ1n) is 16.1. The minimum absolute atomic E-state index is 0.000918. The Bertz CT molecular complexity index is 1800. The number of carbonyl (C=O) groups excluding carboxylic acids is 2. The van der Waals surface area contributed by atoms with Crippen molar-refractivity contribution in [3.63, 3.8) is 0 Å². The molecule has 1 atom stereocenters. The van der Waals surface area contributed by atoms with Crippen LogP contribution in [0.25, 0.3) is 0 Å². The second kappa shape index (κ2) is 16.8. The monoisotopic (exact) mass is 681 g/mol. The smallest absolute Gasteiger partial charge is 0.308 e. The highest BCUT2D eigenvalue weighted by Crippen LogP contribution is 2.32. The van der Waals surface area contributed by atoms with Crippen molar-refractivity contribution in [3.05, 3.63) is 147 Å². The fraction of sp³-hybridized carbons (Fsp3) is 0.243. The van der Waals surface area contributed by atoms with Crippen molar-refractivity contribution in [2.45, 2.75) is 38.9 Å². The van der Waals surface area contributed by atoms with Crippen LogP contribution in [-0.4, -0.2) is 58.3 Å². The van der Waals surface area contributed by atoms with E-state index in [0.29, 0.717) is 23.3 Å².